The summed E-state index contributed by atoms with van der Waals surface area (Å²) in [6.07, 6.45) is 1.68. The Kier molecular flexibility index (Phi) is 3.54. The third-order valence-corrected chi connectivity index (χ3v) is 4.74. The average Bonchev–Trinajstić information content (AvgIpc) is 2.65. The zero-order valence-electron chi connectivity index (χ0n) is 10.1. The molecule has 0 aliphatic carbocycles. The molecule has 0 aromatic carbocycles. The number of nitrogens with zero attached hydrogens (tertiary/aromatic N) is 1. The van der Waals surface area contributed by atoms with Gasteiger partial charge in [0.2, 0.25) is 0 Å². The van der Waals surface area contributed by atoms with E-state index in [0.29, 0.717) is 5.82 Å². The van der Waals surface area contributed by atoms with Gasteiger partial charge in [-0.05, 0) is 25.3 Å². The smallest absolute Gasteiger partial charge is 0.259 e. The largest absolute Gasteiger partial charge is 0.309 e. The summed E-state index contributed by atoms with van der Waals surface area (Å²) in [5, 5.41) is 0.496. The van der Waals surface area contributed by atoms with Crippen LogP contribution < -0.4 is 5.56 Å². The molecular weight excluding hydrogens is 256 g/mol. The highest BCUT2D eigenvalue weighted by molar-refractivity contribution is 7.18. The number of hydrogen-bond donors (Lipinski definition) is 1. The van der Waals surface area contributed by atoms with Gasteiger partial charge in [-0.2, -0.15) is 0 Å². The first-order chi connectivity index (χ1) is 8.08. The summed E-state index contributed by atoms with van der Waals surface area (Å²) in [6, 6.07) is 0. The van der Waals surface area contributed by atoms with Crippen LogP contribution in [0.1, 0.15) is 41.9 Å². The van der Waals surface area contributed by atoms with E-state index in [2.05, 4.69) is 16.9 Å². The van der Waals surface area contributed by atoms with Crippen LogP contribution in [0.4, 0.5) is 0 Å². The summed E-state index contributed by atoms with van der Waals surface area (Å²) < 4.78 is 0. The van der Waals surface area contributed by atoms with Gasteiger partial charge in [-0.25, -0.2) is 4.98 Å². The normalized spacial score (nSPS) is 13.2. The number of thiophene rings is 1. The second-order valence-corrected chi connectivity index (χ2v) is 5.62. The van der Waals surface area contributed by atoms with Gasteiger partial charge in [-0.1, -0.05) is 13.8 Å². The maximum Gasteiger partial charge on any atom is 0.259 e. The highest BCUT2D eigenvalue weighted by Gasteiger charge is 2.15. The molecule has 0 spiro atoms. The van der Waals surface area contributed by atoms with Crippen LogP contribution >= 0.6 is 22.9 Å². The molecule has 0 aliphatic heterocycles. The van der Waals surface area contributed by atoms with Gasteiger partial charge in [0.25, 0.3) is 5.56 Å². The number of halogens is 1. The number of alkyl halides is 1. The Morgan fingerprint density at radius 2 is 2.18 bits per heavy atom. The maximum atomic E-state index is 12.0. The lowest BCUT2D eigenvalue weighted by molar-refractivity contribution is 0.807. The fraction of sp³-hybridized carbons (Fsp3) is 0.500. The van der Waals surface area contributed by atoms with E-state index in [4.69, 9.17) is 11.6 Å². The highest BCUT2D eigenvalue weighted by atomic mass is 35.5. The third kappa shape index (κ3) is 2.11. The standard InChI is InChI=1S/C12H15ClN2OS/c1-4-7(13)10-14-11(16)9-6(3)8(5-2)17-12(9)15-10/h7H,4-5H2,1-3H3,(H,14,15,16). The van der Waals surface area contributed by atoms with Gasteiger partial charge in [0.15, 0.2) is 0 Å². The molecule has 0 saturated heterocycles. The van der Waals surface area contributed by atoms with Gasteiger partial charge in [0, 0.05) is 4.88 Å². The fourth-order valence-electron chi connectivity index (χ4n) is 1.89. The molecule has 1 atom stereocenters. The number of rotatable bonds is 3. The maximum absolute atomic E-state index is 12.0. The van der Waals surface area contributed by atoms with Crippen molar-refractivity contribution in [1.29, 1.82) is 0 Å². The first kappa shape index (κ1) is 12.6. The summed E-state index contributed by atoms with van der Waals surface area (Å²) in [7, 11) is 0. The Bertz CT molecular complexity index is 602. The van der Waals surface area contributed by atoms with E-state index < -0.39 is 0 Å². The minimum Gasteiger partial charge on any atom is -0.309 e. The Hall–Kier alpha value is -0.870. The summed E-state index contributed by atoms with van der Waals surface area (Å²) in [5.74, 6) is 0.579. The summed E-state index contributed by atoms with van der Waals surface area (Å²) in [5.41, 5.74) is 0.980. The number of hydrogen-bond acceptors (Lipinski definition) is 3. The van der Waals surface area contributed by atoms with Crippen molar-refractivity contribution in [3.63, 3.8) is 0 Å². The number of aryl methyl sites for hydroxylation is 2. The first-order valence-corrected chi connectivity index (χ1v) is 7.00. The monoisotopic (exact) mass is 270 g/mol. The molecule has 2 aromatic rings. The van der Waals surface area contributed by atoms with Gasteiger partial charge in [-0.3, -0.25) is 4.79 Å². The molecule has 0 bridgehead atoms. The molecule has 17 heavy (non-hydrogen) atoms. The second kappa shape index (κ2) is 4.78. The second-order valence-electron chi connectivity index (χ2n) is 4.01. The van der Waals surface area contributed by atoms with Crippen LogP contribution in [0.15, 0.2) is 4.79 Å². The molecule has 2 heterocycles. The van der Waals surface area contributed by atoms with E-state index in [1.165, 1.54) is 4.88 Å². The summed E-state index contributed by atoms with van der Waals surface area (Å²) in [4.78, 5) is 21.3. The topological polar surface area (TPSA) is 45.8 Å². The summed E-state index contributed by atoms with van der Waals surface area (Å²) in [6.45, 7) is 6.04. The SMILES string of the molecule is CCc1sc2nc(C(Cl)CC)[nH]c(=O)c2c1C. The van der Waals surface area contributed by atoms with Crippen LogP contribution in [-0.2, 0) is 6.42 Å². The van der Waals surface area contributed by atoms with E-state index >= 15 is 0 Å². The van der Waals surface area contributed by atoms with E-state index in [9.17, 15) is 4.79 Å². The predicted molar refractivity (Wildman–Crippen MR) is 73.2 cm³/mol. The molecule has 1 unspecified atom stereocenters. The molecule has 0 amide bonds. The minimum atomic E-state index is -0.223. The van der Waals surface area contributed by atoms with E-state index in [-0.39, 0.29) is 10.9 Å². The number of aromatic amines is 1. The van der Waals surface area contributed by atoms with E-state index in [0.717, 1.165) is 28.6 Å². The van der Waals surface area contributed by atoms with Crippen molar-refractivity contribution in [3.05, 3.63) is 26.6 Å². The van der Waals surface area contributed by atoms with Crippen molar-refractivity contribution in [2.24, 2.45) is 0 Å². The molecule has 0 aliphatic rings. The molecule has 0 saturated carbocycles. The zero-order chi connectivity index (χ0) is 12.6. The molecule has 2 aromatic heterocycles. The van der Waals surface area contributed by atoms with Gasteiger partial charge in [0.1, 0.15) is 10.7 Å². The van der Waals surface area contributed by atoms with Crippen molar-refractivity contribution in [2.45, 2.75) is 39.0 Å². The van der Waals surface area contributed by atoms with Crippen LogP contribution in [0, 0.1) is 6.92 Å². The van der Waals surface area contributed by atoms with Gasteiger partial charge >= 0.3 is 0 Å². The van der Waals surface area contributed by atoms with Crippen LogP contribution in [0.2, 0.25) is 0 Å². The van der Waals surface area contributed by atoms with E-state index in [1.807, 2.05) is 13.8 Å². The molecule has 92 valence electrons. The van der Waals surface area contributed by atoms with Crippen molar-refractivity contribution < 1.29 is 0 Å². The lowest BCUT2D eigenvalue weighted by atomic mass is 10.2. The van der Waals surface area contributed by atoms with Gasteiger partial charge in [0.05, 0.1) is 10.8 Å². The molecule has 0 radical (unpaired) electrons. The van der Waals surface area contributed by atoms with Crippen molar-refractivity contribution >= 4 is 33.2 Å². The van der Waals surface area contributed by atoms with Crippen LogP contribution in [0.5, 0.6) is 0 Å². The molecular formula is C12H15ClN2OS. The Morgan fingerprint density at radius 3 is 2.76 bits per heavy atom. The predicted octanol–water partition coefficient (Wildman–Crippen LogP) is 3.55. The van der Waals surface area contributed by atoms with Crippen LogP contribution in [0.3, 0.4) is 0 Å². The first-order valence-electron chi connectivity index (χ1n) is 5.74. The number of aromatic nitrogens is 2. The van der Waals surface area contributed by atoms with Gasteiger partial charge in [-0.15, -0.1) is 22.9 Å². The Morgan fingerprint density at radius 1 is 1.47 bits per heavy atom. The van der Waals surface area contributed by atoms with Crippen molar-refractivity contribution in [3.8, 4) is 0 Å². The number of nitrogens with one attached hydrogen (secondary N) is 1. The lowest BCUT2D eigenvalue weighted by Gasteiger charge is -2.04. The Labute approximate surface area is 109 Å². The van der Waals surface area contributed by atoms with Crippen LogP contribution in [-0.4, -0.2) is 9.97 Å². The number of H-pyrrole nitrogens is 1. The molecule has 5 heteroatoms. The van der Waals surface area contributed by atoms with Crippen molar-refractivity contribution in [2.75, 3.05) is 0 Å². The van der Waals surface area contributed by atoms with Crippen molar-refractivity contribution in [1.82, 2.24) is 9.97 Å². The lowest BCUT2D eigenvalue weighted by Crippen LogP contribution is -2.12. The summed E-state index contributed by atoms with van der Waals surface area (Å²) >= 11 is 7.71. The average molecular weight is 271 g/mol. The van der Waals surface area contributed by atoms with Gasteiger partial charge < -0.3 is 4.98 Å². The number of fused-ring (bicyclic) bond motifs is 1. The molecule has 2 rings (SSSR count). The zero-order valence-corrected chi connectivity index (χ0v) is 11.7. The fourth-order valence-corrected chi connectivity index (χ4v) is 3.11. The molecule has 0 fully saturated rings. The highest BCUT2D eigenvalue weighted by Crippen LogP contribution is 2.29. The van der Waals surface area contributed by atoms with E-state index in [1.54, 1.807) is 11.3 Å². The third-order valence-electron chi connectivity index (χ3n) is 2.89. The quantitative estimate of drug-likeness (QED) is 0.867. The minimum absolute atomic E-state index is 0.0717. The Balaban J connectivity index is 2.71. The van der Waals surface area contributed by atoms with Crippen LogP contribution in [0.25, 0.3) is 10.2 Å². The molecule has 1 N–H and O–H groups in total. The molecule has 3 nitrogen and oxygen atoms in total.